The molecule has 1 saturated heterocycles. The number of imide groups is 1. The molecule has 9 N–H and O–H groups in total. The minimum absolute atomic E-state index is 0.0300. The quantitative estimate of drug-likeness (QED) is 0.0700. The Balaban J connectivity index is 1.31. The van der Waals surface area contributed by atoms with Gasteiger partial charge in [0.1, 0.15) is 23.2 Å². The fourth-order valence-electron chi connectivity index (χ4n) is 5.86. The second-order valence-electron chi connectivity index (χ2n) is 12.4. The molecular formula is C32H30BClF2N6O13S. The Bertz CT molecular complexity index is 2300. The third-order valence-corrected chi connectivity index (χ3v) is 10.7. The zero-order chi connectivity index (χ0) is 41.4. The van der Waals surface area contributed by atoms with Crippen LogP contribution in [0.2, 0.25) is 5.02 Å². The molecule has 56 heavy (non-hydrogen) atoms. The molecule has 2 aliphatic rings. The molecule has 1 unspecified atom stereocenters. The molecule has 3 aromatic carbocycles. The van der Waals surface area contributed by atoms with Crippen LogP contribution in [-0.4, -0.2) is 113 Å². The molecule has 296 valence electrons. The summed E-state index contributed by atoms with van der Waals surface area (Å²) in [7, 11) is -6.22. The average molecular weight is 823 g/mol. The van der Waals surface area contributed by atoms with Gasteiger partial charge in [0.2, 0.25) is 21.8 Å². The topological polar surface area (TPSA) is 295 Å². The average Bonchev–Trinajstić information content (AvgIpc) is 3.13. The summed E-state index contributed by atoms with van der Waals surface area (Å²) >= 11 is 6.11. The van der Waals surface area contributed by atoms with Crippen LogP contribution in [0.3, 0.4) is 0 Å². The lowest BCUT2D eigenvalue weighted by molar-refractivity contribution is -0.153. The number of hydrogen-bond donors (Lipinski definition) is 8. The number of hydrogen-bond acceptors (Lipinski definition) is 12. The van der Waals surface area contributed by atoms with Crippen molar-refractivity contribution in [3.63, 3.8) is 0 Å². The van der Waals surface area contributed by atoms with E-state index in [9.17, 15) is 66.3 Å². The number of urea groups is 1. The van der Waals surface area contributed by atoms with E-state index in [0.29, 0.717) is 16.5 Å². The summed E-state index contributed by atoms with van der Waals surface area (Å²) in [6, 6.07) is 2.57. The maximum atomic E-state index is 14.6. The van der Waals surface area contributed by atoms with Crippen LogP contribution in [-0.2, 0) is 30.8 Å². The van der Waals surface area contributed by atoms with Crippen molar-refractivity contribution < 1.29 is 71.0 Å². The van der Waals surface area contributed by atoms with E-state index in [0.717, 1.165) is 23.1 Å². The molecule has 0 spiro atoms. The Morgan fingerprint density at radius 2 is 1.75 bits per heavy atom. The number of rotatable bonds is 11. The predicted octanol–water partition coefficient (Wildman–Crippen LogP) is -0.325. The Labute approximate surface area is 320 Å². The van der Waals surface area contributed by atoms with E-state index >= 15 is 0 Å². The molecule has 0 saturated carbocycles. The molecule has 6 amide bonds. The molecule has 24 heteroatoms. The first kappa shape index (κ1) is 41.1. The first-order chi connectivity index (χ1) is 26.2. The van der Waals surface area contributed by atoms with Crippen LogP contribution in [0.5, 0.6) is 17.2 Å². The van der Waals surface area contributed by atoms with Crippen LogP contribution in [0.4, 0.5) is 13.6 Å². The van der Waals surface area contributed by atoms with Crippen molar-refractivity contribution in [2.24, 2.45) is 5.73 Å². The number of sulfonamides is 1. The number of amides is 6. The van der Waals surface area contributed by atoms with Gasteiger partial charge in [-0.1, -0.05) is 23.7 Å². The number of carbonyl (C=O) groups excluding carboxylic acids is 5. The van der Waals surface area contributed by atoms with E-state index < -0.39 is 123 Å². The number of fused-ring (bicyclic) bond motifs is 1. The van der Waals surface area contributed by atoms with Crippen molar-refractivity contribution in [1.82, 2.24) is 25.2 Å². The molecule has 2 aliphatic heterocycles. The summed E-state index contributed by atoms with van der Waals surface area (Å²) in [5.74, 6) is -13.7. The standard InChI is InChI=1S/C32H30BClF2N6O13S/c1-13-2-4-15(11-16(13)27(37)45)56(53,54)38-6-7-41-8-9-42(30(48)29(41)47)32(51)40-23(17-12-19(36)24(43)25(44)22(17)34)28(46)39-20-10-14-3-5-18(35)21(31(49)50)26(14)55-33(20)52/h2-5,11-12,20,23,38,43-44,52H,6-10H2,1H3,(H2,37,45)(H,39,46)(H,40,51)(H,49,50)/t20-,23?/m0/s1. The highest BCUT2D eigenvalue weighted by atomic mass is 35.5. The van der Waals surface area contributed by atoms with Crippen molar-refractivity contribution in [2.75, 3.05) is 26.2 Å². The lowest BCUT2D eigenvalue weighted by atomic mass is 9.72. The molecule has 0 bridgehead atoms. The predicted molar refractivity (Wildman–Crippen MR) is 187 cm³/mol. The summed E-state index contributed by atoms with van der Waals surface area (Å²) in [5.41, 5.74) is 4.17. The van der Waals surface area contributed by atoms with Crippen molar-refractivity contribution in [1.29, 1.82) is 0 Å². The van der Waals surface area contributed by atoms with Gasteiger partial charge in [0, 0.05) is 37.3 Å². The fourth-order valence-corrected chi connectivity index (χ4v) is 7.16. The molecule has 5 rings (SSSR count). The van der Waals surface area contributed by atoms with Gasteiger partial charge in [-0.2, -0.15) is 0 Å². The van der Waals surface area contributed by atoms with Crippen LogP contribution in [0, 0.1) is 18.6 Å². The van der Waals surface area contributed by atoms with Gasteiger partial charge in [-0.15, -0.1) is 0 Å². The number of nitrogens with zero attached hydrogens (tertiary/aromatic N) is 2. The largest absolute Gasteiger partial charge is 0.547 e. The number of aromatic hydroxyl groups is 2. The number of phenols is 2. The number of aromatic carboxylic acids is 1. The summed E-state index contributed by atoms with van der Waals surface area (Å²) in [6.07, 6.45) is -0.364. The number of primary amides is 1. The molecule has 0 aromatic heterocycles. The molecular weight excluding hydrogens is 793 g/mol. The molecule has 2 atom stereocenters. The minimum Gasteiger partial charge on any atom is -0.534 e. The van der Waals surface area contributed by atoms with Gasteiger partial charge in [0.25, 0.3) is 0 Å². The summed E-state index contributed by atoms with van der Waals surface area (Å²) < 4.78 is 61.9. The molecule has 2 heterocycles. The number of carboxylic acid groups (broad SMARTS) is 1. The second-order valence-corrected chi connectivity index (χ2v) is 14.5. The van der Waals surface area contributed by atoms with Crippen LogP contribution in [0.1, 0.15) is 43.4 Å². The molecule has 3 aromatic rings. The van der Waals surface area contributed by atoms with Crippen molar-refractivity contribution >= 4 is 64.4 Å². The normalized spacial score (nSPS) is 16.2. The maximum Gasteiger partial charge on any atom is 0.547 e. The SMILES string of the molecule is Cc1ccc(S(=O)(=O)NCCN2CCN(C(=O)NC(C(=O)N[C@H]3Cc4ccc(F)c(C(=O)O)c4OB3O)c3cc(F)c(O)c(O)c3Cl)C(=O)C2=O)cc1C(N)=O. The van der Waals surface area contributed by atoms with Gasteiger partial charge in [0.15, 0.2) is 17.3 Å². The van der Waals surface area contributed by atoms with Gasteiger partial charge in [-0.25, -0.2) is 31.5 Å². The summed E-state index contributed by atoms with van der Waals surface area (Å²) in [5, 5.41) is 43.6. The number of nitrogens with one attached hydrogen (secondary N) is 3. The van der Waals surface area contributed by atoms with E-state index in [1.807, 2.05) is 0 Å². The molecule has 1 fully saturated rings. The lowest BCUT2D eigenvalue weighted by Crippen LogP contribution is -2.60. The van der Waals surface area contributed by atoms with Gasteiger partial charge in [0.05, 0.1) is 15.9 Å². The minimum atomic E-state index is -4.21. The highest BCUT2D eigenvalue weighted by molar-refractivity contribution is 7.89. The van der Waals surface area contributed by atoms with Gasteiger partial charge in [-0.05, 0) is 48.7 Å². The van der Waals surface area contributed by atoms with Crippen molar-refractivity contribution in [3.05, 3.63) is 80.9 Å². The number of halogens is 3. The maximum absolute atomic E-state index is 14.6. The zero-order valence-corrected chi connectivity index (χ0v) is 30.3. The van der Waals surface area contributed by atoms with E-state index in [1.54, 1.807) is 6.92 Å². The van der Waals surface area contributed by atoms with Gasteiger partial charge < -0.3 is 46.3 Å². The van der Waals surface area contributed by atoms with Crippen LogP contribution < -0.4 is 25.7 Å². The monoisotopic (exact) mass is 822 g/mol. The van der Waals surface area contributed by atoms with Crippen molar-refractivity contribution in [2.45, 2.75) is 30.2 Å². The fraction of sp³-hybridized carbons (Fsp3) is 0.250. The van der Waals surface area contributed by atoms with Gasteiger partial charge in [-0.3, -0.25) is 24.1 Å². The van der Waals surface area contributed by atoms with Crippen LogP contribution >= 0.6 is 11.6 Å². The first-order valence-corrected chi connectivity index (χ1v) is 18.0. The van der Waals surface area contributed by atoms with E-state index in [-0.39, 0.29) is 35.5 Å². The Morgan fingerprint density at radius 3 is 2.41 bits per heavy atom. The van der Waals surface area contributed by atoms with E-state index in [4.69, 9.17) is 22.0 Å². The number of carbonyl (C=O) groups is 6. The number of piperazine rings is 1. The summed E-state index contributed by atoms with van der Waals surface area (Å²) in [4.78, 5) is 77.5. The van der Waals surface area contributed by atoms with Crippen LogP contribution in [0.25, 0.3) is 0 Å². The van der Waals surface area contributed by atoms with Crippen molar-refractivity contribution in [3.8, 4) is 17.2 Å². The highest BCUT2D eigenvalue weighted by Crippen LogP contribution is 2.40. The number of benzene rings is 3. The van der Waals surface area contributed by atoms with Gasteiger partial charge >= 0.3 is 30.9 Å². The molecule has 19 nitrogen and oxygen atoms in total. The number of carboxylic acids is 1. The smallest absolute Gasteiger partial charge is 0.534 e. The highest BCUT2D eigenvalue weighted by Gasteiger charge is 2.42. The van der Waals surface area contributed by atoms with Crippen LogP contribution in [0.15, 0.2) is 41.3 Å². The van der Waals surface area contributed by atoms with E-state index in [1.165, 1.54) is 12.1 Å². The molecule has 0 radical (unpaired) electrons. The lowest BCUT2D eigenvalue weighted by Gasteiger charge is -2.34. The third kappa shape index (κ3) is 8.15. The Morgan fingerprint density at radius 1 is 1.05 bits per heavy atom. The Kier molecular flexibility index (Phi) is 11.7. The number of aryl methyl sites for hydroxylation is 1. The Hall–Kier alpha value is -6.04. The second kappa shape index (κ2) is 16.0. The first-order valence-electron chi connectivity index (χ1n) is 16.1. The summed E-state index contributed by atoms with van der Waals surface area (Å²) in [6.45, 7) is -0.0353. The zero-order valence-electron chi connectivity index (χ0n) is 28.7. The number of phenolic OH excluding ortho intramolecular Hbond substituents is 2. The number of nitrogens with two attached hydrogens (primary N) is 1. The van der Waals surface area contributed by atoms with E-state index in [2.05, 4.69) is 15.4 Å². The molecule has 0 aliphatic carbocycles. The third-order valence-electron chi connectivity index (χ3n) is 8.80.